The summed E-state index contributed by atoms with van der Waals surface area (Å²) in [6.07, 6.45) is 1.87. The summed E-state index contributed by atoms with van der Waals surface area (Å²) in [6.45, 7) is 1.70. The van der Waals surface area contributed by atoms with E-state index in [9.17, 15) is 19.2 Å². The monoisotopic (exact) mass is 584 g/mol. The van der Waals surface area contributed by atoms with Gasteiger partial charge in [-0.05, 0) is 55.5 Å². The van der Waals surface area contributed by atoms with Crippen LogP contribution in [0, 0.1) is 6.92 Å². The highest BCUT2D eigenvalue weighted by Gasteiger charge is 2.31. The Bertz CT molecular complexity index is 1500. The number of nitrogens with one attached hydrogen (secondary N) is 2. The van der Waals surface area contributed by atoms with Crippen LogP contribution in [0.2, 0.25) is 0 Å². The third-order valence-electron chi connectivity index (χ3n) is 7.35. The van der Waals surface area contributed by atoms with E-state index in [1.807, 2.05) is 60.7 Å². The molecule has 11 heteroatoms. The van der Waals surface area contributed by atoms with Crippen molar-refractivity contribution in [1.82, 2.24) is 15.6 Å². The first-order valence-corrected chi connectivity index (χ1v) is 14.1. The number of carbonyl (C=O) groups excluding carboxylic acids is 3. The van der Waals surface area contributed by atoms with E-state index in [1.54, 1.807) is 6.92 Å². The van der Waals surface area contributed by atoms with Crippen LogP contribution in [0.1, 0.15) is 56.1 Å². The second-order valence-electron chi connectivity index (χ2n) is 10.5. The molecule has 1 aromatic heterocycles. The molecule has 0 spiro atoms. The lowest BCUT2D eigenvalue weighted by Crippen LogP contribution is -2.50. The van der Waals surface area contributed by atoms with Crippen LogP contribution in [0.25, 0.3) is 0 Å². The minimum atomic E-state index is -1.20. The number of hydrogen-bond donors (Lipinski definition) is 5. The number of amides is 1. The number of carboxylic acids is 1. The number of carbonyl (C=O) groups is 4. The average Bonchev–Trinajstić information content (AvgIpc) is 3.55. The number of pyridine rings is 1. The van der Waals surface area contributed by atoms with E-state index < -0.39 is 42.3 Å². The number of rotatable bonds is 13. The molecule has 3 atom stereocenters. The van der Waals surface area contributed by atoms with Gasteiger partial charge in [0.15, 0.2) is 11.6 Å². The smallest absolute Gasteiger partial charge is 0.325 e. The lowest BCUT2D eigenvalue weighted by atomic mass is 9.91. The van der Waals surface area contributed by atoms with Crippen molar-refractivity contribution in [3.63, 3.8) is 0 Å². The van der Waals surface area contributed by atoms with E-state index in [2.05, 4.69) is 20.6 Å². The topological polar surface area (TPSA) is 190 Å². The largest absolute Gasteiger partial charge is 0.480 e. The van der Waals surface area contributed by atoms with Crippen molar-refractivity contribution >= 4 is 29.3 Å². The predicted octanol–water partition coefficient (Wildman–Crippen LogP) is 1.59. The molecule has 2 heterocycles. The molecule has 1 aliphatic rings. The second kappa shape index (κ2) is 14.4. The van der Waals surface area contributed by atoms with Crippen LogP contribution in [0.3, 0.4) is 0 Å². The molecular weight excluding hydrogens is 548 g/mol. The van der Waals surface area contributed by atoms with Crippen LogP contribution in [0.5, 0.6) is 0 Å². The zero-order valence-corrected chi connectivity index (χ0v) is 24.0. The van der Waals surface area contributed by atoms with Crippen LogP contribution in [-0.2, 0) is 22.4 Å². The fourth-order valence-electron chi connectivity index (χ4n) is 5.03. The van der Waals surface area contributed by atoms with Gasteiger partial charge in [-0.25, -0.2) is 4.98 Å². The lowest BCUT2D eigenvalue weighted by Gasteiger charge is -2.22. The summed E-state index contributed by atoms with van der Waals surface area (Å²) in [6, 6.07) is 17.5. The third-order valence-corrected chi connectivity index (χ3v) is 7.35. The molecule has 3 aromatic rings. The maximum absolute atomic E-state index is 14.2. The van der Waals surface area contributed by atoms with Gasteiger partial charge < -0.3 is 27.2 Å². The highest BCUT2D eigenvalue weighted by Crippen LogP contribution is 2.21. The van der Waals surface area contributed by atoms with Gasteiger partial charge in [-0.15, -0.1) is 0 Å². The van der Waals surface area contributed by atoms with Gasteiger partial charge in [0.25, 0.3) is 0 Å². The van der Waals surface area contributed by atoms with E-state index in [1.165, 1.54) is 6.07 Å². The molecule has 11 nitrogen and oxygen atoms in total. The summed E-state index contributed by atoms with van der Waals surface area (Å²) in [4.78, 5) is 60.4. The predicted molar refractivity (Wildman–Crippen MR) is 162 cm³/mol. The average molecular weight is 585 g/mol. The SMILES string of the molecule is Cc1c(C(=O)[C@H](Cc2ccccc2)NC(=O)[C@@H](N)Cc2ccccc2)cc(C(N)=NCC(=O)O)nc1C(=O)[C@@H]1CCCN1. The number of aliphatic imine (C=N–C) groups is 1. The summed E-state index contributed by atoms with van der Waals surface area (Å²) in [5.41, 5.74) is 14.5. The molecule has 1 aliphatic heterocycles. The molecule has 0 bridgehead atoms. The summed E-state index contributed by atoms with van der Waals surface area (Å²) >= 11 is 0. The van der Waals surface area contributed by atoms with Crippen molar-refractivity contribution < 1.29 is 24.3 Å². The quantitative estimate of drug-likeness (QED) is 0.113. The van der Waals surface area contributed by atoms with Crippen molar-refractivity contribution in [1.29, 1.82) is 0 Å². The van der Waals surface area contributed by atoms with Crippen LogP contribution in [0.15, 0.2) is 71.7 Å². The molecule has 43 heavy (non-hydrogen) atoms. The van der Waals surface area contributed by atoms with E-state index in [-0.39, 0.29) is 41.4 Å². The standard InChI is InChI=1S/C32H36N6O5/c1-19-22(17-26(31(34)36-18-27(39)40)37-28(19)30(42)24-13-8-14-35-24)29(41)25(16-21-11-6-3-7-12-21)38-32(43)23(33)15-20-9-4-2-5-10-20/h2-7,9-12,17,23-25,35H,8,13-16,18,33H2,1H3,(H2,34,36)(H,38,43)(H,39,40)/t23-,24-,25-/m0/s1. The van der Waals surface area contributed by atoms with Crippen molar-refractivity contribution in [2.24, 2.45) is 16.5 Å². The fourth-order valence-corrected chi connectivity index (χ4v) is 5.03. The van der Waals surface area contributed by atoms with Gasteiger partial charge in [0.05, 0.1) is 18.1 Å². The summed E-state index contributed by atoms with van der Waals surface area (Å²) in [5, 5.41) is 15.0. The highest BCUT2D eigenvalue weighted by atomic mass is 16.4. The Morgan fingerprint density at radius 2 is 1.67 bits per heavy atom. The number of amidine groups is 1. The van der Waals surface area contributed by atoms with E-state index >= 15 is 0 Å². The van der Waals surface area contributed by atoms with E-state index in [4.69, 9.17) is 16.6 Å². The molecular formula is C32H36N6O5. The van der Waals surface area contributed by atoms with Gasteiger partial charge in [-0.2, -0.15) is 0 Å². The number of carboxylic acid groups (broad SMARTS) is 1. The minimum absolute atomic E-state index is 0.00196. The van der Waals surface area contributed by atoms with Gasteiger partial charge >= 0.3 is 5.97 Å². The molecule has 4 rings (SSSR count). The number of aliphatic carboxylic acids is 1. The number of aromatic nitrogens is 1. The summed E-state index contributed by atoms with van der Waals surface area (Å²) in [5.74, 6) is -2.69. The Kier molecular flexibility index (Phi) is 10.5. The Balaban J connectivity index is 1.72. The van der Waals surface area contributed by atoms with Gasteiger partial charge in [-0.1, -0.05) is 60.7 Å². The van der Waals surface area contributed by atoms with Gasteiger partial charge in [0, 0.05) is 12.0 Å². The van der Waals surface area contributed by atoms with Gasteiger partial charge in [0.1, 0.15) is 23.8 Å². The maximum Gasteiger partial charge on any atom is 0.325 e. The van der Waals surface area contributed by atoms with Gasteiger partial charge in [0.2, 0.25) is 5.91 Å². The molecule has 7 N–H and O–H groups in total. The number of nitrogens with two attached hydrogens (primary N) is 2. The fraction of sp³-hybridized carbons (Fsp3) is 0.312. The maximum atomic E-state index is 14.2. The molecule has 0 aliphatic carbocycles. The Morgan fingerprint density at radius 3 is 2.26 bits per heavy atom. The normalized spacial score (nSPS) is 16.3. The van der Waals surface area contributed by atoms with Crippen molar-refractivity contribution in [2.45, 2.75) is 50.7 Å². The number of hydrogen-bond acceptors (Lipinski definition) is 8. The lowest BCUT2D eigenvalue weighted by molar-refractivity contribution is -0.135. The van der Waals surface area contributed by atoms with E-state index in [0.29, 0.717) is 18.5 Å². The van der Waals surface area contributed by atoms with Crippen molar-refractivity contribution in [3.05, 3.63) is 100 Å². The van der Waals surface area contributed by atoms with Crippen LogP contribution >= 0.6 is 0 Å². The van der Waals surface area contributed by atoms with Crippen LogP contribution in [-0.4, -0.2) is 70.6 Å². The first-order valence-electron chi connectivity index (χ1n) is 14.1. The second-order valence-corrected chi connectivity index (χ2v) is 10.5. The number of Topliss-reactive ketones (excluding diaryl/α,β-unsaturated/α-hetero) is 2. The molecule has 224 valence electrons. The van der Waals surface area contributed by atoms with Crippen molar-refractivity contribution in [3.8, 4) is 0 Å². The number of nitrogens with zero attached hydrogens (tertiary/aromatic N) is 2. The molecule has 0 saturated carbocycles. The first kappa shape index (κ1) is 31.2. The molecule has 1 fully saturated rings. The Morgan fingerprint density at radius 1 is 1.05 bits per heavy atom. The number of ketones is 2. The number of benzene rings is 2. The van der Waals surface area contributed by atoms with Crippen LogP contribution in [0.4, 0.5) is 0 Å². The molecule has 1 saturated heterocycles. The van der Waals surface area contributed by atoms with Crippen molar-refractivity contribution in [2.75, 3.05) is 13.1 Å². The summed E-state index contributed by atoms with van der Waals surface area (Å²) < 4.78 is 0. The highest BCUT2D eigenvalue weighted by molar-refractivity contribution is 6.09. The minimum Gasteiger partial charge on any atom is -0.480 e. The molecule has 1 amide bonds. The summed E-state index contributed by atoms with van der Waals surface area (Å²) in [7, 11) is 0. The van der Waals surface area contributed by atoms with Gasteiger partial charge in [-0.3, -0.25) is 24.2 Å². The molecule has 2 aromatic carbocycles. The van der Waals surface area contributed by atoms with E-state index in [0.717, 1.165) is 17.5 Å². The Labute approximate surface area is 249 Å². The third kappa shape index (κ3) is 8.18. The zero-order chi connectivity index (χ0) is 30.9. The Hall–Kier alpha value is -4.74. The molecule has 0 unspecified atom stereocenters. The molecule has 0 radical (unpaired) electrons. The first-order chi connectivity index (χ1) is 20.6. The zero-order valence-electron chi connectivity index (χ0n) is 24.0. The van der Waals surface area contributed by atoms with Crippen LogP contribution < -0.4 is 22.1 Å².